The van der Waals surface area contributed by atoms with Crippen molar-refractivity contribution < 1.29 is 29.2 Å². The highest BCUT2D eigenvalue weighted by Crippen LogP contribution is 2.13. The molecule has 0 saturated carbocycles. The number of ether oxygens (including phenoxy) is 1. The topological polar surface area (TPSA) is 134 Å². The molecule has 0 aromatic heterocycles. The van der Waals surface area contributed by atoms with Gasteiger partial charge in [-0.25, -0.2) is 0 Å². The van der Waals surface area contributed by atoms with Gasteiger partial charge in [-0.3, -0.25) is 39.2 Å². The molecule has 1 aliphatic heterocycles. The Morgan fingerprint density at radius 1 is 0.914 bits per heavy atom. The number of carbonyl (C=O) groups is 3. The minimum absolute atomic E-state index is 0.0126. The lowest BCUT2D eigenvalue weighted by Gasteiger charge is -2.26. The van der Waals surface area contributed by atoms with Gasteiger partial charge in [0.2, 0.25) is 0 Å². The molecule has 0 aliphatic carbocycles. The van der Waals surface area contributed by atoms with Gasteiger partial charge in [0.25, 0.3) is 5.69 Å². The van der Waals surface area contributed by atoms with Crippen LogP contribution >= 0.6 is 0 Å². The zero-order valence-electron chi connectivity index (χ0n) is 20.8. The number of ketones is 1. The molecule has 1 saturated heterocycles. The molecule has 1 aromatic carbocycles. The molecule has 2 rings (SSSR count). The number of esters is 1. The quantitative estimate of drug-likeness (QED) is 0.290. The standard InChI is InChI=1S/C24H36N4O7/c1-24(2,3)35-23(32)18-27-14-11-25(10-12-26(13-15-27)17-22(30)31)16-21(29)9-6-19-4-7-20(8-5-19)28(33)34/h4-5,7-8H,6,9-18H2,1-3H3,(H,30,31). The molecule has 0 radical (unpaired) electrons. The first-order valence-corrected chi connectivity index (χ1v) is 11.8. The molecule has 0 unspecified atom stereocenters. The Bertz CT molecular complexity index is 883. The van der Waals surface area contributed by atoms with Gasteiger partial charge in [0.1, 0.15) is 11.4 Å². The zero-order chi connectivity index (χ0) is 26.0. The SMILES string of the molecule is CC(C)(C)OC(=O)CN1CCN(CC(=O)O)CCN(CC(=O)CCc2ccc([N+](=O)[O-])cc2)CC1. The van der Waals surface area contributed by atoms with Crippen molar-refractivity contribution >= 4 is 23.4 Å². The van der Waals surface area contributed by atoms with E-state index in [0.717, 1.165) is 5.56 Å². The maximum atomic E-state index is 12.7. The Morgan fingerprint density at radius 2 is 1.40 bits per heavy atom. The molecule has 1 heterocycles. The Balaban J connectivity index is 1.95. The first kappa shape index (κ1) is 28.3. The molecule has 0 atom stereocenters. The summed E-state index contributed by atoms with van der Waals surface area (Å²) in [5.41, 5.74) is 0.275. The van der Waals surface area contributed by atoms with E-state index >= 15 is 0 Å². The second kappa shape index (κ2) is 13.3. The van der Waals surface area contributed by atoms with Crippen molar-refractivity contribution in [2.45, 2.75) is 39.2 Å². The van der Waals surface area contributed by atoms with Gasteiger partial charge in [0, 0.05) is 57.8 Å². The molecule has 0 amide bonds. The van der Waals surface area contributed by atoms with Gasteiger partial charge in [-0.05, 0) is 32.8 Å². The van der Waals surface area contributed by atoms with Gasteiger partial charge in [-0.2, -0.15) is 0 Å². The van der Waals surface area contributed by atoms with Crippen LogP contribution in [0.15, 0.2) is 24.3 Å². The van der Waals surface area contributed by atoms with Crippen molar-refractivity contribution in [3.8, 4) is 0 Å². The largest absolute Gasteiger partial charge is 0.480 e. The predicted molar refractivity (Wildman–Crippen MR) is 129 cm³/mol. The molecule has 11 heteroatoms. The number of carboxylic acids is 1. The van der Waals surface area contributed by atoms with E-state index in [2.05, 4.69) is 0 Å². The van der Waals surface area contributed by atoms with Crippen LogP contribution in [0.25, 0.3) is 0 Å². The fourth-order valence-corrected chi connectivity index (χ4v) is 3.80. The van der Waals surface area contributed by atoms with E-state index in [0.29, 0.717) is 52.1 Å². The summed E-state index contributed by atoms with van der Waals surface area (Å²) in [4.78, 5) is 52.3. The molecule has 1 aromatic rings. The fourth-order valence-electron chi connectivity index (χ4n) is 3.80. The number of nitro benzene ring substituents is 1. The molecule has 1 fully saturated rings. The molecule has 1 N–H and O–H groups in total. The van der Waals surface area contributed by atoms with Crippen LogP contribution < -0.4 is 0 Å². The number of hydrogen-bond acceptors (Lipinski definition) is 9. The predicted octanol–water partition coefficient (Wildman–Crippen LogP) is 1.44. The van der Waals surface area contributed by atoms with E-state index in [1.807, 2.05) is 35.5 Å². The molecular weight excluding hydrogens is 456 g/mol. The van der Waals surface area contributed by atoms with Crippen molar-refractivity contribution in [3.05, 3.63) is 39.9 Å². The Kier molecular flexibility index (Phi) is 10.7. The normalized spacial score (nSPS) is 16.7. The van der Waals surface area contributed by atoms with Crippen LogP contribution in [0.1, 0.15) is 32.8 Å². The number of rotatable bonds is 10. The number of aliphatic carboxylic acids is 1. The highest BCUT2D eigenvalue weighted by atomic mass is 16.6. The van der Waals surface area contributed by atoms with Gasteiger partial charge < -0.3 is 9.84 Å². The van der Waals surface area contributed by atoms with Crippen LogP contribution in [0.4, 0.5) is 5.69 Å². The van der Waals surface area contributed by atoms with Crippen molar-refractivity contribution in [1.29, 1.82) is 0 Å². The summed E-state index contributed by atoms with van der Waals surface area (Å²) >= 11 is 0. The lowest BCUT2D eigenvalue weighted by atomic mass is 10.1. The van der Waals surface area contributed by atoms with Crippen LogP contribution in [-0.2, 0) is 25.5 Å². The zero-order valence-corrected chi connectivity index (χ0v) is 20.8. The summed E-state index contributed by atoms with van der Waals surface area (Å²) in [5, 5.41) is 20.0. The first-order valence-electron chi connectivity index (χ1n) is 11.8. The van der Waals surface area contributed by atoms with E-state index in [1.165, 1.54) is 12.1 Å². The Morgan fingerprint density at radius 3 is 1.86 bits per heavy atom. The van der Waals surface area contributed by atoms with E-state index in [4.69, 9.17) is 4.74 Å². The van der Waals surface area contributed by atoms with Crippen LogP contribution in [0, 0.1) is 10.1 Å². The summed E-state index contributed by atoms with van der Waals surface area (Å²) in [5.74, 6) is -1.23. The van der Waals surface area contributed by atoms with E-state index in [9.17, 15) is 29.6 Å². The third-order valence-electron chi connectivity index (χ3n) is 5.57. The molecule has 35 heavy (non-hydrogen) atoms. The summed E-state index contributed by atoms with van der Waals surface area (Å²) in [6, 6.07) is 6.17. The van der Waals surface area contributed by atoms with E-state index in [1.54, 1.807) is 12.1 Å². The Hall–Kier alpha value is -2.89. The van der Waals surface area contributed by atoms with Crippen LogP contribution in [-0.4, -0.2) is 107 Å². The number of Topliss-reactive ketones (excluding diaryl/α,β-unsaturated/α-hetero) is 1. The number of benzene rings is 1. The molecule has 0 spiro atoms. The van der Waals surface area contributed by atoms with Gasteiger partial charge in [-0.1, -0.05) is 12.1 Å². The molecule has 11 nitrogen and oxygen atoms in total. The molecule has 0 bridgehead atoms. The van der Waals surface area contributed by atoms with Crippen molar-refractivity contribution in [3.63, 3.8) is 0 Å². The average molecular weight is 493 g/mol. The Labute approximate surface area is 205 Å². The number of non-ortho nitro benzene ring substituents is 1. The van der Waals surface area contributed by atoms with Crippen molar-refractivity contribution in [1.82, 2.24) is 14.7 Å². The van der Waals surface area contributed by atoms with Crippen LogP contribution in [0.5, 0.6) is 0 Å². The van der Waals surface area contributed by atoms with Crippen molar-refractivity contribution in [2.75, 3.05) is 58.9 Å². The van der Waals surface area contributed by atoms with E-state index < -0.39 is 16.5 Å². The van der Waals surface area contributed by atoms with Crippen molar-refractivity contribution in [2.24, 2.45) is 0 Å². The number of nitrogens with zero attached hydrogens (tertiary/aromatic N) is 4. The van der Waals surface area contributed by atoms with Gasteiger partial charge in [0.05, 0.1) is 24.6 Å². The third kappa shape index (κ3) is 11.4. The summed E-state index contributed by atoms with van der Waals surface area (Å²) in [6.45, 7) is 8.80. The molecule has 1 aliphatic rings. The second-order valence-electron chi connectivity index (χ2n) is 9.77. The number of carbonyl (C=O) groups excluding carboxylic acids is 2. The maximum absolute atomic E-state index is 12.7. The summed E-state index contributed by atoms with van der Waals surface area (Å²) < 4.78 is 5.43. The number of carboxylic acid groups (broad SMARTS) is 1. The average Bonchev–Trinajstić information content (AvgIpc) is 2.83. The van der Waals surface area contributed by atoms with Gasteiger partial charge in [-0.15, -0.1) is 0 Å². The highest BCUT2D eigenvalue weighted by Gasteiger charge is 2.23. The first-order chi connectivity index (χ1) is 16.4. The minimum Gasteiger partial charge on any atom is -0.480 e. The van der Waals surface area contributed by atoms with Crippen LogP contribution in [0.2, 0.25) is 0 Å². The van der Waals surface area contributed by atoms with Gasteiger partial charge in [0.15, 0.2) is 0 Å². The lowest BCUT2D eigenvalue weighted by Crippen LogP contribution is -2.42. The summed E-state index contributed by atoms with van der Waals surface area (Å²) in [7, 11) is 0. The lowest BCUT2D eigenvalue weighted by molar-refractivity contribution is -0.384. The fraction of sp³-hybridized carbons (Fsp3) is 0.625. The highest BCUT2D eigenvalue weighted by molar-refractivity contribution is 5.80. The second-order valence-corrected chi connectivity index (χ2v) is 9.77. The number of aryl methyl sites for hydroxylation is 1. The van der Waals surface area contributed by atoms with Gasteiger partial charge >= 0.3 is 11.9 Å². The third-order valence-corrected chi connectivity index (χ3v) is 5.57. The molecular formula is C24H36N4O7. The van der Waals surface area contributed by atoms with Crippen LogP contribution in [0.3, 0.4) is 0 Å². The monoisotopic (exact) mass is 492 g/mol. The van der Waals surface area contributed by atoms with E-state index in [-0.39, 0.29) is 37.1 Å². The summed E-state index contributed by atoms with van der Waals surface area (Å²) in [6.07, 6.45) is 0.787. The maximum Gasteiger partial charge on any atom is 0.320 e. The number of nitro groups is 1. The smallest absolute Gasteiger partial charge is 0.320 e. The minimum atomic E-state index is -0.923. The molecule has 194 valence electrons. The number of hydrogen-bond donors (Lipinski definition) is 1.